The van der Waals surface area contributed by atoms with Crippen molar-refractivity contribution < 1.29 is 14.0 Å². The molecule has 0 aliphatic heterocycles. The lowest BCUT2D eigenvalue weighted by atomic mass is 10.1. The number of hydrogen-bond donors (Lipinski definition) is 2. The Morgan fingerprint density at radius 1 is 1.00 bits per heavy atom. The van der Waals surface area contributed by atoms with E-state index in [4.69, 9.17) is 4.42 Å². The predicted octanol–water partition coefficient (Wildman–Crippen LogP) is 2.87. The molecule has 0 saturated heterocycles. The second-order valence-electron chi connectivity index (χ2n) is 5.58. The number of nitrogens with zero attached hydrogens (tertiary/aromatic N) is 1. The average Bonchev–Trinajstić information content (AvgIpc) is 3.17. The van der Waals surface area contributed by atoms with Crippen molar-refractivity contribution in [1.29, 1.82) is 0 Å². The monoisotopic (exact) mass is 349 g/mol. The largest absolute Gasteiger partial charge is 0.436 e. The fraction of sp³-hybridized carbons (Fsp3) is 0.150. The molecule has 0 saturated carbocycles. The lowest BCUT2D eigenvalue weighted by molar-refractivity contribution is -0.120. The highest BCUT2D eigenvalue weighted by Gasteiger charge is 2.17. The Morgan fingerprint density at radius 2 is 1.73 bits per heavy atom. The molecule has 3 rings (SSSR count). The van der Waals surface area contributed by atoms with Crippen LogP contribution in [0.1, 0.15) is 17.3 Å². The number of carbonyl (C=O) groups excluding carboxylic acids is 2. The summed E-state index contributed by atoms with van der Waals surface area (Å²) >= 11 is 0. The first-order valence-corrected chi connectivity index (χ1v) is 8.34. The van der Waals surface area contributed by atoms with Gasteiger partial charge in [-0.3, -0.25) is 9.59 Å². The minimum atomic E-state index is -0.355. The molecule has 0 aliphatic carbocycles. The van der Waals surface area contributed by atoms with Crippen LogP contribution in [0.3, 0.4) is 0 Å². The molecule has 3 aromatic rings. The molecular formula is C20H19N3O3. The Labute approximate surface area is 151 Å². The van der Waals surface area contributed by atoms with Gasteiger partial charge in [-0.15, -0.1) is 0 Å². The zero-order chi connectivity index (χ0) is 18.4. The summed E-state index contributed by atoms with van der Waals surface area (Å²) in [4.78, 5) is 28.3. The summed E-state index contributed by atoms with van der Waals surface area (Å²) in [7, 11) is 0. The highest BCUT2D eigenvalue weighted by atomic mass is 16.4. The number of hydrogen-bond acceptors (Lipinski definition) is 4. The quantitative estimate of drug-likeness (QED) is 0.717. The molecule has 6 heteroatoms. The van der Waals surface area contributed by atoms with Crippen LogP contribution in [0.15, 0.2) is 65.2 Å². The second-order valence-corrected chi connectivity index (χ2v) is 5.58. The first-order chi connectivity index (χ1) is 12.7. The number of likely N-dealkylation sites (N-methyl/N-ethyl adjacent to an activating group) is 1. The zero-order valence-electron chi connectivity index (χ0n) is 14.4. The number of amides is 2. The molecule has 2 aromatic carbocycles. The van der Waals surface area contributed by atoms with Crippen LogP contribution in [0, 0.1) is 0 Å². The molecule has 1 heterocycles. The lowest BCUT2D eigenvalue weighted by Crippen LogP contribution is -2.36. The lowest BCUT2D eigenvalue weighted by Gasteiger charge is -2.08. The minimum absolute atomic E-state index is 0.0815. The number of rotatable bonds is 6. The summed E-state index contributed by atoms with van der Waals surface area (Å²) in [5, 5.41) is 5.25. The minimum Gasteiger partial charge on any atom is -0.436 e. The Balaban J connectivity index is 1.82. The van der Waals surface area contributed by atoms with E-state index in [1.165, 1.54) is 0 Å². The molecule has 0 radical (unpaired) electrons. The Morgan fingerprint density at radius 3 is 2.50 bits per heavy atom. The summed E-state index contributed by atoms with van der Waals surface area (Å²) in [6, 6.07) is 16.6. The van der Waals surface area contributed by atoms with E-state index < -0.39 is 0 Å². The molecule has 1 aromatic heterocycles. The first-order valence-electron chi connectivity index (χ1n) is 8.34. The molecule has 26 heavy (non-hydrogen) atoms. The van der Waals surface area contributed by atoms with Crippen LogP contribution in [-0.4, -0.2) is 29.9 Å². The third-order valence-electron chi connectivity index (χ3n) is 3.75. The van der Waals surface area contributed by atoms with Crippen LogP contribution in [0.5, 0.6) is 0 Å². The van der Waals surface area contributed by atoms with Gasteiger partial charge in [-0.1, -0.05) is 42.5 Å². The van der Waals surface area contributed by atoms with E-state index in [9.17, 15) is 9.59 Å². The van der Waals surface area contributed by atoms with E-state index in [-0.39, 0.29) is 18.4 Å². The van der Waals surface area contributed by atoms with Crippen molar-refractivity contribution in [3.63, 3.8) is 0 Å². The highest BCUT2D eigenvalue weighted by Crippen LogP contribution is 2.28. The third-order valence-corrected chi connectivity index (χ3v) is 3.75. The van der Waals surface area contributed by atoms with Crippen molar-refractivity contribution >= 4 is 11.8 Å². The molecule has 0 fully saturated rings. The van der Waals surface area contributed by atoms with Crippen LogP contribution in [0.25, 0.3) is 22.8 Å². The summed E-state index contributed by atoms with van der Waals surface area (Å²) in [5.74, 6) is 0.387. The molecule has 0 aliphatic rings. The van der Waals surface area contributed by atoms with E-state index in [0.29, 0.717) is 29.3 Å². The summed E-state index contributed by atoms with van der Waals surface area (Å²) < 4.78 is 5.84. The van der Waals surface area contributed by atoms with E-state index in [2.05, 4.69) is 15.6 Å². The molecule has 0 atom stereocenters. The standard InChI is InChI=1S/C20H19N3O3/c1-2-21-18(24)13-22-19(25)15-10-6-7-11-16(15)20-23-12-17(26-20)14-8-4-3-5-9-14/h3-12H,2,13H2,1H3,(H,21,24)(H,22,25). The topological polar surface area (TPSA) is 84.2 Å². The van der Waals surface area contributed by atoms with Gasteiger partial charge in [0.25, 0.3) is 5.91 Å². The SMILES string of the molecule is CCNC(=O)CNC(=O)c1ccccc1-c1ncc(-c2ccccc2)o1. The van der Waals surface area contributed by atoms with E-state index in [0.717, 1.165) is 5.56 Å². The number of aromatic nitrogens is 1. The normalized spacial score (nSPS) is 10.3. The smallest absolute Gasteiger partial charge is 0.252 e. The molecule has 0 unspecified atom stereocenters. The molecule has 6 nitrogen and oxygen atoms in total. The van der Waals surface area contributed by atoms with Gasteiger partial charge in [0.2, 0.25) is 11.8 Å². The second kappa shape index (κ2) is 8.11. The Kier molecular flexibility index (Phi) is 5.43. The fourth-order valence-electron chi connectivity index (χ4n) is 2.52. The Bertz CT molecular complexity index is 903. The number of carbonyl (C=O) groups is 2. The van der Waals surface area contributed by atoms with Crippen LogP contribution >= 0.6 is 0 Å². The van der Waals surface area contributed by atoms with Crippen molar-refractivity contribution in [1.82, 2.24) is 15.6 Å². The van der Waals surface area contributed by atoms with Gasteiger partial charge in [-0.25, -0.2) is 4.98 Å². The molecule has 2 N–H and O–H groups in total. The molecular weight excluding hydrogens is 330 g/mol. The van der Waals surface area contributed by atoms with E-state index >= 15 is 0 Å². The van der Waals surface area contributed by atoms with Crippen molar-refractivity contribution in [2.24, 2.45) is 0 Å². The van der Waals surface area contributed by atoms with Crippen molar-refractivity contribution in [2.45, 2.75) is 6.92 Å². The summed E-state index contributed by atoms with van der Waals surface area (Å²) in [5.41, 5.74) is 1.88. The maximum absolute atomic E-state index is 12.5. The van der Waals surface area contributed by atoms with Gasteiger partial charge in [-0.05, 0) is 19.1 Å². The number of nitrogens with one attached hydrogen (secondary N) is 2. The fourth-order valence-corrected chi connectivity index (χ4v) is 2.52. The molecule has 0 bridgehead atoms. The van der Waals surface area contributed by atoms with E-state index in [1.54, 1.807) is 24.4 Å². The Hall–Kier alpha value is -3.41. The first kappa shape index (κ1) is 17.4. The van der Waals surface area contributed by atoms with Crippen LogP contribution in [0.4, 0.5) is 0 Å². The van der Waals surface area contributed by atoms with Crippen LogP contribution in [-0.2, 0) is 4.79 Å². The summed E-state index contributed by atoms with van der Waals surface area (Å²) in [6.45, 7) is 2.26. The van der Waals surface area contributed by atoms with Gasteiger partial charge in [0, 0.05) is 17.7 Å². The molecule has 132 valence electrons. The van der Waals surface area contributed by atoms with Gasteiger partial charge in [0.1, 0.15) is 0 Å². The van der Waals surface area contributed by atoms with Crippen LogP contribution in [0.2, 0.25) is 0 Å². The highest BCUT2D eigenvalue weighted by molar-refractivity contribution is 6.01. The van der Waals surface area contributed by atoms with Gasteiger partial charge in [0.15, 0.2) is 5.76 Å². The van der Waals surface area contributed by atoms with Crippen molar-refractivity contribution in [3.05, 3.63) is 66.4 Å². The average molecular weight is 349 g/mol. The maximum Gasteiger partial charge on any atom is 0.252 e. The zero-order valence-corrected chi connectivity index (χ0v) is 14.4. The van der Waals surface area contributed by atoms with Gasteiger partial charge in [0.05, 0.1) is 18.3 Å². The van der Waals surface area contributed by atoms with Crippen LogP contribution < -0.4 is 10.6 Å². The number of benzene rings is 2. The van der Waals surface area contributed by atoms with Crippen molar-refractivity contribution in [2.75, 3.05) is 13.1 Å². The van der Waals surface area contributed by atoms with Gasteiger partial charge in [-0.2, -0.15) is 0 Å². The summed E-state index contributed by atoms with van der Waals surface area (Å²) in [6.07, 6.45) is 1.63. The van der Waals surface area contributed by atoms with Crippen molar-refractivity contribution in [3.8, 4) is 22.8 Å². The maximum atomic E-state index is 12.5. The van der Waals surface area contributed by atoms with Gasteiger partial charge < -0.3 is 15.1 Å². The predicted molar refractivity (Wildman–Crippen MR) is 98.4 cm³/mol. The van der Waals surface area contributed by atoms with Gasteiger partial charge >= 0.3 is 0 Å². The molecule has 0 spiro atoms. The number of oxazole rings is 1. The third kappa shape index (κ3) is 3.97. The van der Waals surface area contributed by atoms with E-state index in [1.807, 2.05) is 43.3 Å². The molecule has 2 amide bonds.